The SMILES string of the molecule is CCCOc1cccc2c1C(=O)c1ccccc1-2. The predicted molar refractivity (Wildman–Crippen MR) is 71.1 cm³/mol. The Morgan fingerprint density at radius 1 is 0.944 bits per heavy atom. The summed E-state index contributed by atoms with van der Waals surface area (Å²) in [5, 5.41) is 0. The summed E-state index contributed by atoms with van der Waals surface area (Å²) in [4.78, 5) is 12.4. The van der Waals surface area contributed by atoms with E-state index in [1.165, 1.54) is 0 Å². The van der Waals surface area contributed by atoms with Gasteiger partial charge in [-0.2, -0.15) is 0 Å². The second kappa shape index (κ2) is 4.30. The maximum absolute atomic E-state index is 12.4. The lowest BCUT2D eigenvalue weighted by Gasteiger charge is -2.08. The molecule has 0 N–H and O–H groups in total. The van der Waals surface area contributed by atoms with E-state index in [1.807, 2.05) is 42.5 Å². The van der Waals surface area contributed by atoms with Crippen LogP contribution in [0.25, 0.3) is 11.1 Å². The average molecular weight is 238 g/mol. The van der Waals surface area contributed by atoms with Gasteiger partial charge in [-0.25, -0.2) is 0 Å². The highest BCUT2D eigenvalue weighted by atomic mass is 16.5. The van der Waals surface area contributed by atoms with Crippen molar-refractivity contribution in [3.05, 3.63) is 53.6 Å². The van der Waals surface area contributed by atoms with Crippen molar-refractivity contribution in [3.8, 4) is 16.9 Å². The molecule has 1 aliphatic carbocycles. The van der Waals surface area contributed by atoms with Crippen LogP contribution in [0.3, 0.4) is 0 Å². The van der Waals surface area contributed by atoms with Crippen molar-refractivity contribution in [1.82, 2.24) is 0 Å². The Kier molecular flexibility index (Phi) is 2.63. The van der Waals surface area contributed by atoms with E-state index in [0.29, 0.717) is 17.9 Å². The lowest BCUT2D eigenvalue weighted by atomic mass is 10.1. The number of carbonyl (C=O) groups excluding carboxylic acids is 1. The highest BCUT2D eigenvalue weighted by Gasteiger charge is 2.29. The molecule has 0 bridgehead atoms. The molecule has 0 unspecified atom stereocenters. The summed E-state index contributed by atoms with van der Waals surface area (Å²) >= 11 is 0. The standard InChI is InChI=1S/C16H14O2/c1-2-10-18-14-9-5-8-12-11-6-3-4-7-13(11)16(17)15(12)14/h3-9H,2,10H2,1H3. The van der Waals surface area contributed by atoms with Crippen molar-refractivity contribution >= 4 is 5.78 Å². The van der Waals surface area contributed by atoms with Gasteiger partial charge < -0.3 is 4.74 Å². The van der Waals surface area contributed by atoms with Crippen molar-refractivity contribution in [2.75, 3.05) is 6.61 Å². The van der Waals surface area contributed by atoms with Crippen LogP contribution in [-0.2, 0) is 0 Å². The van der Waals surface area contributed by atoms with Gasteiger partial charge in [-0.05, 0) is 23.6 Å². The van der Waals surface area contributed by atoms with E-state index >= 15 is 0 Å². The number of hydrogen-bond donors (Lipinski definition) is 0. The second-order valence-corrected chi connectivity index (χ2v) is 4.40. The number of ether oxygens (including phenoxy) is 1. The fourth-order valence-corrected chi connectivity index (χ4v) is 2.37. The third-order valence-corrected chi connectivity index (χ3v) is 3.18. The van der Waals surface area contributed by atoms with Crippen molar-refractivity contribution in [1.29, 1.82) is 0 Å². The first-order valence-electron chi connectivity index (χ1n) is 6.23. The van der Waals surface area contributed by atoms with Crippen LogP contribution in [0.1, 0.15) is 29.3 Å². The summed E-state index contributed by atoms with van der Waals surface area (Å²) in [5.41, 5.74) is 3.50. The number of rotatable bonds is 3. The van der Waals surface area contributed by atoms with Crippen LogP contribution in [0.5, 0.6) is 5.75 Å². The van der Waals surface area contributed by atoms with E-state index in [2.05, 4.69) is 6.92 Å². The Hall–Kier alpha value is -2.09. The average Bonchev–Trinajstić information content (AvgIpc) is 2.72. The first-order valence-corrected chi connectivity index (χ1v) is 6.23. The van der Waals surface area contributed by atoms with Crippen LogP contribution in [-0.4, -0.2) is 12.4 Å². The highest BCUT2D eigenvalue weighted by Crippen LogP contribution is 2.40. The number of carbonyl (C=O) groups is 1. The third-order valence-electron chi connectivity index (χ3n) is 3.18. The molecule has 3 rings (SSSR count). The van der Waals surface area contributed by atoms with Gasteiger partial charge >= 0.3 is 0 Å². The highest BCUT2D eigenvalue weighted by molar-refractivity contribution is 6.23. The number of ketones is 1. The van der Waals surface area contributed by atoms with Gasteiger partial charge in [0.2, 0.25) is 0 Å². The van der Waals surface area contributed by atoms with Crippen molar-refractivity contribution in [2.24, 2.45) is 0 Å². The topological polar surface area (TPSA) is 26.3 Å². The second-order valence-electron chi connectivity index (χ2n) is 4.40. The van der Waals surface area contributed by atoms with Crippen LogP contribution in [0.15, 0.2) is 42.5 Å². The maximum Gasteiger partial charge on any atom is 0.198 e. The van der Waals surface area contributed by atoms with Crippen LogP contribution < -0.4 is 4.74 Å². The molecule has 2 aromatic carbocycles. The molecule has 0 atom stereocenters. The minimum absolute atomic E-state index is 0.0762. The zero-order valence-corrected chi connectivity index (χ0v) is 10.3. The van der Waals surface area contributed by atoms with Gasteiger partial charge in [0.05, 0.1) is 12.2 Å². The minimum Gasteiger partial charge on any atom is -0.493 e. The van der Waals surface area contributed by atoms with Crippen LogP contribution in [0, 0.1) is 0 Å². The van der Waals surface area contributed by atoms with Gasteiger partial charge in [0.15, 0.2) is 5.78 Å². The Bertz CT molecular complexity index is 614. The molecule has 18 heavy (non-hydrogen) atoms. The molecule has 2 heteroatoms. The summed E-state index contributed by atoms with van der Waals surface area (Å²) in [6.07, 6.45) is 0.935. The Labute approximate surface area is 106 Å². The van der Waals surface area contributed by atoms with Gasteiger partial charge in [0.1, 0.15) is 5.75 Å². The van der Waals surface area contributed by atoms with E-state index in [9.17, 15) is 4.79 Å². The molecule has 0 fully saturated rings. The number of fused-ring (bicyclic) bond motifs is 3. The van der Waals surface area contributed by atoms with Gasteiger partial charge in [-0.3, -0.25) is 4.79 Å². The van der Waals surface area contributed by atoms with Gasteiger partial charge in [-0.1, -0.05) is 43.3 Å². The molecule has 0 saturated carbocycles. The van der Waals surface area contributed by atoms with E-state index in [4.69, 9.17) is 4.74 Å². The molecule has 1 aliphatic rings. The zero-order chi connectivity index (χ0) is 12.5. The maximum atomic E-state index is 12.4. The van der Waals surface area contributed by atoms with Crippen molar-refractivity contribution < 1.29 is 9.53 Å². The molecule has 0 amide bonds. The number of hydrogen-bond acceptors (Lipinski definition) is 2. The molecule has 2 aromatic rings. The quantitative estimate of drug-likeness (QED) is 0.695. The summed E-state index contributed by atoms with van der Waals surface area (Å²) < 4.78 is 5.68. The summed E-state index contributed by atoms with van der Waals surface area (Å²) in [7, 11) is 0. The molecule has 0 aliphatic heterocycles. The van der Waals surface area contributed by atoms with E-state index < -0.39 is 0 Å². The lowest BCUT2D eigenvalue weighted by molar-refractivity contribution is 0.104. The molecule has 0 saturated heterocycles. The first-order chi connectivity index (χ1) is 8.83. The monoisotopic (exact) mass is 238 g/mol. The van der Waals surface area contributed by atoms with E-state index in [1.54, 1.807) is 0 Å². The molecule has 0 aromatic heterocycles. The zero-order valence-electron chi connectivity index (χ0n) is 10.3. The first kappa shape index (κ1) is 11.0. The molecular formula is C16H14O2. The Balaban J connectivity index is 2.15. The van der Waals surface area contributed by atoms with E-state index in [0.717, 1.165) is 23.1 Å². The van der Waals surface area contributed by atoms with Crippen molar-refractivity contribution in [3.63, 3.8) is 0 Å². The summed E-state index contributed by atoms with van der Waals surface area (Å²) in [6, 6.07) is 13.5. The third kappa shape index (κ3) is 1.53. The van der Waals surface area contributed by atoms with Gasteiger partial charge in [0.25, 0.3) is 0 Å². The summed E-state index contributed by atoms with van der Waals surface area (Å²) in [6.45, 7) is 2.69. The smallest absolute Gasteiger partial charge is 0.198 e. The normalized spacial score (nSPS) is 12.2. The lowest BCUT2D eigenvalue weighted by Crippen LogP contribution is -2.02. The minimum atomic E-state index is 0.0762. The molecule has 0 heterocycles. The Morgan fingerprint density at radius 3 is 2.44 bits per heavy atom. The fourth-order valence-electron chi connectivity index (χ4n) is 2.37. The van der Waals surface area contributed by atoms with Crippen molar-refractivity contribution in [2.45, 2.75) is 13.3 Å². The number of benzene rings is 2. The van der Waals surface area contributed by atoms with Gasteiger partial charge in [0, 0.05) is 5.56 Å². The van der Waals surface area contributed by atoms with Crippen LogP contribution >= 0.6 is 0 Å². The fraction of sp³-hybridized carbons (Fsp3) is 0.188. The molecule has 0 radical (unpaired) electrons. The predicted octanol–water partition coefficient (Wildman–Crippen LogP) is 3.69. The summed E-state index contributed by atoms with van der Waals surface area (Å²) in [5.74, 6) is 0.780. The molecule has 0 spiro atoms. The van der Waals surface area contributed by atoms with Crippen LogP contribution in [0.2, 0.25) is 0 Å². The van der Waals surface area contributed by atoms with E-state index in [-0.39, 0.29) is 5.78 Å². The van der Waals surface area contributed by atoms with Gasteiger partial charge in [-0.15, -0.1) is 0 Å². The van der Waals surface area contributed by atoms with Crippen LogP contribution in [0.4, 0.5) is 0 Å². The molecule has 2 nitrogen and oxygen atoms in total. The Morgan fingerprint density at radius 2 is 1.67 bits per heavy atom. The molecular weight excluding hydrogens is 224 g/mol. The molecule has 90 valence electrons. The largest absolute Gasteiger partial charge is 0.493 e.